The smallest absolute Gasteiger partial charge is 0.329 e. The Labute approximate surface area is 161 Å². The molecule has 3 rings (SSSR count). The fourth-order valence-electron chi connectivity index (χ4n) is 2.40. The number of carbonyl (C=O) groups excluding carboxylic acids is 2. The molecule has 9 heteroatoms. The summed E-state index contributed by atoms with van der Waals surface area (Å²) >= 11 is 1.96. The Balaban J connectivity index is 1.79. The number of imide groups is 1. The van der Waals surface area contributed by atoms with Crippen molar-refractivity contribution in [3.05, 3.63) is 73.0 Å². The molecule has 0 radical (unpaired) electrons. The molecule has 0 saturated carbocycles. The number of nitrogens with one attached hydrogen (secondary N) is 1. The lowest BCUT2D eigenvalue weighted by Gasteiger charge is -2.11. The first-order chi connectivity index (χ1) is 12.3. The van der Waals surface area contributed by atoms with E-state index in [9.17, 15) is 24.8 Å². The van der Waals surface area contributed by atoms with Gasteiger partial charge in [0.1, 0.15) is 11.4 Å². The monoisotopic (exact) mass is 465 g/mol. The van der Waals surface area contributed by atoms with E-state index in [-0.39, 0.29) is 23.7 Å². The number of benzene rings is 2. The molecule has 26 heavy (non-hydrogen) atoms. The molecule has 0 aromatic heterocycles. The van der Waals surface area contributed by atoms with Gasteiger partial charge in [-0.2, -0.15) is 0 Å². The fourth-order valence-corrected chi connectivity index (χ4v) is 2.94. The van der Waals surface area contributed by atoms with E-state index in [1.165, 1.54) is 36.4 Å². The SMILES string of the molecule is O=C1NC(=Cc2ccc(O)c(I)c2)C(=O)N1Cc1ccc([N+](=O)[O-])cc1. The number of aromatic hydroxyl groups is 1. The van der Waals surface area contributed by atoms with Crippen molar-refractivity contribution >= 4 is 46.3 Å². The van der Waals surface area contributed by atoms with Gasteiger partial charge in [-0.1, -0.05) is 18.2 Å². The average molecular weight is 465 g/mol. The van der Waals surface area contributed by atoms with Crippen molar-refractivity contribution in [1.82, 2.24) is 10.2 Å². The highest BCUT2D eigenvalue weighted by atomic mass is 127. The summed E-state index contributed by atoms with van der Waals surface area (Å²) in [5.41, 5.74) is 1.32. The molecule has 8 nitrogen and oxygen atoms in total. The molecule has 1 aliphatic heterocycles. The van der Waals surface area contributed by atoms with Gasteiger partial charge in [-0.05, 0) is 51.9 Å². The van der Waals surface area contributed by atoms with Crippen LogP contribution in [0.15, 0.2) is 48.2 Å². The third-order valence-corrected chi connectivity index (χ3v) is 4.60. The third-order valence-electron chi connectivity index (χ3n) is 3.73. The van der Waals surface area contributed by atoms with Crippen LogP contribution in [-0.2, 0) is 11.3 Å². The molecule has 1 fully saturated rings. The number of nitrogens with zero attached hydrogens (tertiary/aromatic N) is 2. The minimum Gasteiger partial charge on any atom is -0.507 e. The van der Waals surface area contributed by atoms with Crippen molar-refractivity contribution in [3.63, 3.8) is 0 Å². The highest BCUT2D eigenvalue weighted by molar-refractivity contribution is 14.1. The largest absolute Gasteiger partial charge is 0.507 e. The van der Waals surface area contributed by atoms with Crippen LogP contribution in [0.2, 0.25) is 0 Å². The van der Waals surface area contributed by atoms with E-state index in [4.69, 9.17) is 0 Å². The Morgan fingerprint density at radius 3 is 2.50 bits per heavy atom. The maximum atomic E-state index is 12.5. The van der Waals surface area contributed by atoms with E-state index in [1.54, 1.807) is 12.1 Å². The minimum atomic E-state index is -0.562. The Morgan fingerprint density at radius 2 is 1.88 bits per heavy atom. The Bertz CT molecular complexity index is 940. The third kappa shape index (κ3) is 3.67. The van der Waals surface area contributed by atoms with Gasteiger partial charge in [0.15, 0.2) is 0 Å². The number of halogens is 1. The van der Waals surface area contributed by atoms with E-state index in [0.717, 1.165) is 4.90 Å². The summed E-state index contributed by atoms with van der Waals surface area (Å²) in [5.74, 6) is -0.356. The number of nitro benzene ring substituents is 1. The standard InChI is InChI=1S/C17H12IN3O5/c18-13-7-11(3-6-15(13)22)8-14-16(23)20(17(24)19-14)9-10-1-4-12(5-2-10)21(25)26/h1-8,22H,9H2,(H,19,24). The molecule has 0 unspecified atom stereocenters. The zero-order valence-corrected chi connectivity index (χ0v) is 15.3. The van der Waals surface area contributed by atoms with Gasteiger partial charge in [0, 0.05) is 12.1 Å². The van der Waals surface area contributed by atoms with Crippen molar-refractivity contribution in [1.29, 1.82) is 0 Å². The fraction of sp³-hybridized carbons (Fsp3) is 0.0588. The lowest BCUT2D eigenvalue weighted by molar-refractivity contribution is -0.384. The second-order valence-electron chi connectivity index (χ2n) is 5.51. The zero-order chi connectivity index (χ0) is 18.8. The maximum Gasteiger partial charge on any atom is 0.329 e. The van der Waals surface area contributed by atoms with Crippen molar-refractivity contribution < 1.29 is 19.6 Å². The van der Waals surface area contributed by atoms with E-state index in [0.29, 0.717) is 14.7 Å². The molecule has 1 saturated heterocycles. The highest BCUT2D eigenvalue weighted by Gasteiger charge is 2.33. The topological polar surface area (TPSA) is 113 Å². The molecule has 3 amide bonds. The summed E-state index contributed by atoms with van der Waals surface area (Å²) < 4.78 is 0.622. The Kier molecular flexibility index (Phi) is 4.89. The molecule has 2 aromatic rings. The van der Waals surface area contributed by atoms with Crippen LogP contribution in [0.25, 0.3) is 6.08 Å². The van der Waals surface area contributed by atoms with Crippen molar-refractivity contribution in [2.24, 2.45) is 0 Å². The number of urea groups is 1. The highest BCUT2D eigenvalue weighted by Crippen LogP contribution is 2.23. The normalized spacial score (nSPS) is 15.4. The molecule has 2 aromatic carbocycles. The van der Waals surface area contributed by atoms with Crippen molar-refractivity contribution in [2.75, 3.05) is 0 Å². The number of hydrogen-bond acceptors (Lipinski definition) is 5. The van der Waals surface area contributed by atoms with E-state index in [1.807, 2.05) is 22.6 Å². The van der Waals surface area contributed by atoms with Gasteiger partial charge in [0.05, 0.1) is 15.0 Å². The number of rotatable bonds is 4. The summed E-state index contributed by atoms with van der Waals surface area (Å²) in [6, 6.07) is 9.90. The summed E-state index contributed by atoms with van der Waals surface area (Å²) in [6.45, 7) is 0.00706. The molecule has 0 atom stereocenters. The molecule has 0 aliphatic carbocycles. The van der Waals surface area contributed by atoms with Gasteiger partial charge in [-0.3, -0.25) is 19.8 Å². The quantitative estimate of drug-likeness (QED) is 0.237. The minimum absolute atomic E-state index is 0.00706. The maximum absolute atomic E-state index is 12.5. The predicted octanol–water partition coefficient (Wildman–Crippen LogP) is 3.00. The van der Waals surface area contributed by atoms with Crippen LogP contribution in [0.1, 0.15) is 11.1 Å². The van der Waals surface area contributed by atoms with Crippen LogP contribution in [-0.4, -0.2) is 26.9 Å². The molecule has 1 heterocycles. The van der Waals surface area contributed by atoms with Gasteiger partial charge in [-0.15, -0.1) is 0 Å². The summed E-state index contributed by atoms with van der Waals surface area (Å²) in [5, 5.41) is 22.7. The Morgan fingerprint density at radius 1 is 1.19 bits per heavy atom. The van der Waals surface area contributed by atoms with Gasteiger partial charge < -0.3 is 10.4 Å². The van der Waals surface area contributed by atoms with Gasteiger partial charge in [-0.25, -0.2) is 4.79 Å². The van der Waals surface area contributed by atoms with Crippen LogP contribution in [0.5, 0.6) is 5.75 Å². The van der Waals surface area contributed by atoms with Gasteiger partial charge in [0.25, 0.3) is 11.6 Å². The molecule has 132 valence electrons. The number of hydrogen-bond donors (Lipinski definition) is 2. The molecular weight excluding hydrogens is 453 g/mol. The first kappa shape index (κ1) is 17.9. The molecule has 0 spiro atoms. The summed E-state index contributed by atoms with van der Waals surface area (Å²) in [7, 11) is 0. The second-order valence-corrected chi connectivity index (χ2v) is 6.68. The lowest BCUT2D eigenvalue weighted by atomic mass is 10.1. The molecular formula is C17H12IN3O5. The van der Waals surface area contributed by atoms with E-state index >= 15 is 0 Å². The van der Waals surface area contributed by atoms with Crippen molar-refractivity contribution in [3.8, 4) is 5.75 Å². The number of non-ortho nitro benzene ring substituents is 1. The van der Waals surface area contributed by atoms with Crippen LogP contribution < -0.4 is 5.32 Å². The number of phenolic OH excluding ortho intramolecular Hbond substituents is 1. The number of amides is 3. The predicted molar refractivity (Wildman–Crippen MR) is 101 cm³/mol. The van der Waals surface area contributed by atoms with E-state index < -0.39 is 16.9 Å². The molecule has 2 N–H and O–H groups in total. The number of nitro groups is 1. The van der Waals surface area contributed by atoms with Gasteiger partial charge >= 0.3 is 6.03 Å². The van der Waals surface area contributed by atoms with Crippen molar-refractivity contribution in [2.45, 2.75) is 6.54 Å². The van der Waals surface area contributed by atoms with Crippen LogP contribution >= 0.6 is 22.6 Å². The molecule has 1 aliphatic rings. The van der Waals surface area contributed by atoms with Crippen LogP contribution in [0.4, 0.5) is 10.5 Å². The van der Waals surface area contributed by atoms with Crippen LogP contribution in [0, 0.1) is 13.7 Å². The van der Waals surface area contributed by atoms with Gasteiger partial charge in [0.2, 0.25) is 0 Å². The average Bonchev–Trinajstić information content (AvgIpc) is 2.86. The lowest BCUT2D eigenvalue weighted by Crippen LogP contribution is -2.30. The van der Waals surface area contributed by atoms with E-state index in [2.05, 4.69) is 5.32 Å². The van der Waals surface area contributed by atoms with Crippen LogP contribution in [0.3, 0.4) is 0 Å². The number of carbonyl (C=O) groups is 2. The summed E-state index contributed by atoms with van der Waals surface area (Å²) in [6.07, 6.45) is 1.53. The molecule has 0 bridgehead atoms. The first-order valence-electron chi connectivity index (χ1n) is 7.41. The summed E-state index contributed by atoms with van der Waals surface area (Å²) in [4.78, 5) is 35.7. The number of phenols is 1. The first-order valence-corrected chi connectivity index (χ1v) is 8.49. The Hall–Kier alpha value is -2.95. The second kappa shape index (κ2) is 7.12. The zero-order valence-electron chi connectivity index (χ0n) is 13.2.